The molecule has 6 nitrogen and oxygen atoms in total. The highest BCUT2D eigenvalue weighted by Crippen LogP contribution is 2.14. The van der Waals surface area contributed by atoms with Gasteiger partial charge in [-0.2, -0.15) is 5.10 Å². The molecule has 2 rings (SSSR count). The first-order valence-electron chi connectivity index (χ1n) is 5.12. The van der Waals surface area contributed by atoms with E-state index in [0.29, 0.717) is 17.2 Å². The number of aryl methyl sites for hydroxylation is 2. The first kappa shape index (κ1) is 11.1. The van der Waals surface area contributed by atoms with Gasteiger partial charge in [0.25, 0.3) is 5.91 Å². The Hall–Kier alpha value is -2.37. The second kappa shape index (κ2) is 4.25. The standard InChI is InChI=1S/C11H13N5O/c1-6-3-4-13-8(5-6)14-11(17)10-9(12)7(2)15-16-10/h3-5H,12H2,1-2H3,(H,15,16)(H,13,14,17). The van der Waals surface area contributed by atoms with E-state index in [1.165, 1.54) is 0 Å². The lowest BCUT2D eigenvalue weighted by molar-refractivity contribution is 0.102. The Bertz CT molecular complexity index is 561. The predicted molar refractivity (Wildman–Crippen MR) is 64.7 cm³/mol. The van der Waals surface area contributed by atoms with E-state index in [4.69, 9.17) is 5.73 Å². The Morgan fingerprint density at radius 3 is 2.82 bits per heavy atom. The molecule has 0 unspecified atom stereocenters. The zero-order chi connectivity index (χ0) is 12.4. The number of hydrogen-bond donors (Lipinski definition) is 3. The van der Waals surface area contributed by atoms with E-state index in [1.54, 1.807) is 19.2 Å². The van der Waals surface area contributed by atoms with Crippen LogP contribution in [0.1, 0.15) is 21.7 Å². The van der Waals surface area contributed by atoms with Crippen LogP contribution in [-0.4, -0.2) is 21.1 Å². The van der Waals surface area contributed by atoms with Crippen LogP contribution in [0.5, 0.6) is 0 Å². The lowest BCUT2D eigenvalue weighted by Crippen LogP contribution is -2.15. The molecular formula is C11H13N5O. The van der Waals surface area contributed by atoms with Gasteiger partial charge < -0.3 is 11.1 Å². The van der Waals surface area contributed by atoms with Crippen LogP contribution in [0.15, 0.2) is 18.3 Å². The van der Waals surface area contributed by atoms with Gasteiger partial charge in [0.15, 0.2) is 5.69 Å². The molecule has 0 atom stereocenters. The highest BCUT2D eigenvalue weighted by molar-refractivity contribution is 6.06. The number of aromatic nitrogens is 3. The molecule has 2 aromatic rings. The molecule has 0 aliphatic heterocycles. The minimum atomic E-state index is -0.370. The van der Waals surface area contributed by atoms with Crippen LogP contribution in [0.25, 0.3) is 0 Å². The van der Waals surface area contributed by atoms with Gasteiger partial charge in [0.1, 0.15) is 5.82 Å². The summed E-state index contributed by atoms with van der Waals surface area (Å²) in [5.41, 5.74) is 7.94. The van der Waals surface area contributed by atoms with Gasteiger partial charge >= 0.3 is 0 Å². The lowest BCUT2D eigenvalue weighted by Gasteiger charge is -2.03. The van der Waals surface area contributed by atoms with E-state index in [9.17, 15) is 4.79 Å². The highest BCUT2D eigenvalue weighted by Gasteiger charge is 2.15. The third-order valence-corrected chi connectivity index (χ3v) is 2.37. The molecule has 88 valence electrons. The molecule has 17 heavy (non-hydrogen) atoms. The first-order chi connectivity index (χ1) is 8.08. The van der Waals surface area contributed by atoms with Crippen LogP contribution < -0.4 is 11.1 Å². The summed E-state index contributed by atoms with van der Waals surface area (Å²) in [6.45, 7) is 3.68. The molecule has 2 heterocycles. The SMILES string of the molecule is Cc1ccnc(NC(=O)c2n[nH]c(C)c2N)c1. The molecule has 0 aliphatic rings. The topological polar surface area (TPSA) is 96.7 Å². The Labute approximate surface area is 98.3 Å². The molecule has 4 N–H and O–H groups in total. The van der Waals surface area contributed by atoms with Gasteiger partial charge in [-0.15, -0.1) is 0 Å². The maximum atomic E-state index is 11.8. The Kier molecular flexibility index (Phi) is 2.78. The van der Waals surface area contributed by atoms with Gasteiger partial charge in [0.05, 0.1) is 11.4 Å². The van der Waals surface area contributed by atoms with E-state index in [1.807, 2.05) is 13.0 Å². The van der Waals surface area contributed by atoms with Crippen LogP contribution in [-0.2, 0) is 0 Å². The molecular weight excluding hydrogens is 218 g/mol. The molecule has 0 bridgehead atoms. The fourth-order valence-corrected chi connectivity index (χ4v) is 1.39. The second-order valence-electron chi connectivity index (χ2n) is 3.78. The van der Waals surface area contributed by atoms with Crippen molar-refractivity contribution in [2.24, 2.45) is 0 Å². The maximum Gasteiger partial charge on any atom is 0.279 e. The van der Waals surface area contributed by atoms with Crippen LogP contribution in [0, 0.1) is 13.8 Å². The molecule has 0 aliphatic carbocycles. The first-order valence-corrected chi connectivity index (χ1v) is 5.12. The third-order valence-electron chi connectivity index (χ3n) is 2.37. The van der Waals surface area contributed by atoms with Crippen LogP contribution in [0.3, 0.4) is 0 Å². The number of nitrogen functional groups attached to an aromatic ring is 1. The number of nitrogens with zero attached hydrogens (tertiary/aromatic N) is 2. The van der Waals surface area contributed by atoms with Crippen molar-refractivity contribution < 1.29 is 4.79 Å². The zero-order valence-corrected chi connectivity index (χ0v) is 9.61. The van der Waals surface area contributed by atoms with Gasteiger partial charge in [0.2, 0.25) is 0 Å². The monoisotopic (exact) mass is 231 g/mol. The van der Waals surface area contributed by atoms with Crippen molar-refractivity contribution in [3.05, 3.63) is 35.3 Å². The summed E-state index contributed by atoms with van der Waals surface area (Å²) >= 11 is 0. The number of pyridine rings is 1. The summed E-state index contributed by atoms with van der Waals surface area (Å²) in [6.07, 6.45) is 1.63. The molecule has 0 aromatic carbocycles. The van der Waals surface area contributed by atoms with Crippen molar-refractivity contribution in [3.8, 4) is 0 Å². The number of amides is 1. The number of anilines is 2. The van der Waals surface area contributed by atoms with Gasteiger partial charge in [-0.05, 0) is 31.5 Å². The van der Waals surface area contributed by atoms with Crippen LogP contribution >= 0.6 is 0 Å². The van der Waals surface area contributed by atoms with E-state index >= 15 is 0 Å². The van der Waals surface area contributed by atoms with Crippen molar-refractivity contribution >= 4 is 17.4 Å². The smallest absolute Gasteiger partial charge is 0.279 e. The number of aromatic amines is 1. The van der Waals surface area contributed by atoms with Crippen molar-refractivity contribution in [2.45, 2.75) is 13.8 Å². The minimum absolute atomic E-state index is 0.186. The summed E-state index contributed by atoms with van der Waals surface area (Å²) in [6, 6.07) is 3.62. The van der Waals surface area contributed by atoms with Crippen molar-refractivity contribution in [1.82, 2.24) is 15.2 Å². The maximum absolute atomic E-state index is 11.8. The number of nitrogens with two attached hydrogens (primary N) is 1. The predicted octanol–water partition coefficient (Wildman–Crippen LogP) is 1.26. The number of carbonyl (C=O) groups is 1. The van der Waals surface area contributed by atoms with Crippen LogP contribution in [0.4, 0.5) is 11.5 Å². The summed E-state index contributed by atoms with van der Waals surface area (Å²) < 4.78 is 0. The molecule has 2 aromatic heterocycles. The van der Waals surface area contributed by atoms with Gasteiger partial charge in [-0.1, -0.05) is 0 Å². The molecule has 0 saturated heterocycles. The quantitative estimate of drug-likeness (QED) is 0.724. The normalized spacial score (nSPS) is 10.2. The van der Waals surface area contributed by atoms with Gasteiger partial charge in [-0.25, -0.2) is 4.98 Å². The van der Waals surface area contributed by atoms with E-state index in [0.717, 1.165) is 5.56 Å². The molecule has 6 heteroatoms. The van der Waals surface area contributed by atoms with E-state index < -0.39 is 0 Å². The number of carbonyl (C=O) groups excluding carboxylic acids is 1. The van der Waals surface area contributed by atoms with Crippen molar-refractivity contribution in [3.63, 3.8) is 0 Å². The highest BCUT2D eigenvalue weighted by atomic mass is 16.2. The molecule has 0 radical (unpaired) electrons. The van der Waals surface area contributed by atoms with Crippen molar-refractivity contribution in [2.75, 3.05) is 11.1 Å². The van der Waals surface area contributed by atoms with E-state index in [-0.39, 0.29) is 11.6 Å². The van der Waals surface area contributed by atoms with Gasteiger partial charge in [-0.3, -0.25) is 9.89 Å². The zero-order valence-electron chi connectivity index (χ0n) is 9.61. The molecule has 1 amide bonds. The molecule has 0 saturated carbocycles. The minimum Gasteiger partial charge on any atom is -0.395 e. The largest absolute Gasteiger partial charge is 0.395 e. The lowest BCUT2D eigenvalue weighted by atomic mass is 10.2. The molecule has 0 fully saturated rings. The second-order valence-corrected chi connectivity index (χ2v) is 3.78. The van der Waals surface area contributed by atoms with Crippen LogP contribution in [0.2, 0.25) is 0 Å². The number of rotatable bonds is 2. The average molecular weight is 231 g/mol. The summed E-state index contributed by atoms with van der Waals surface area (Å²) in [5, 5.41) is 9.14. The Morgan fingerprint density at radius 1 is 1.47 bits per heavy atom. The average Bonchev–Trinajstić information content (AvgIpc) is 2.60. The Balaban J connectivity index is 2.20. The van der Waals surface area contributed by atoms with E-state index in [2.05, 4.69) is 20.5 Å². The number of hydrogen-bond acceptors (Lipinski definition) is 4. The fraction of sp³-hybridized carbons (Fsp3) is 0.182. The summed E-state index contributed by atoms with van der Waals surface area (Å²) in [4.78, 5) is 15.9. The number of nitrogens with one attached hydrogen (secondary N) is 2. The van der Waals surface area contributed by atoms with Gasteiger partial charge in [0, 0.05) is 6.20 Å². The Morgan fingerprint density at radius 2 is 2.24 bits per heavy atom. The summed E-state index contributed by atoms with van der Waals surface area (Å²) in [7, 11) is 0. The third kappa shape index (κ3) is 2.25. The van der Waals surface area contributed by atoms with Crippen molar-refractivity contribution in [1.29, 1.82) is 0 Å². The summed E-state index contributed by atoms with van der Waals surface area (Å²) in [5.74, 6) is 0.111. The fourth-order valence-electron chi connectivity index (χ4n) is 1.39. The number of H-pyrrole nitrogens is 1. The molecule has 0 spiro atoms.